The van der Waals surface area contributed by atoms with Gasteiger partial charge in [-0.25, -0.2) is 20.0 Å². The average molecular weight is 315 g/mol. The number of hydrazine groups is 1. The van der Waals surface area contributed by atoms with E-state index in [0.29, 0.717) is 11.1 Å². The van der Waals surface area contributed by atoms with Crippen LogP contribution in [0.15, 0.2) is 18.2 Å². The second-order valence-corrected chi connectivity index (χ2v) is 5.46. The average Bonchev–Trinajstić information content (AvgIpc) is 2.34. The Bertz CT molecular complexity index is 601. The third-order valence-electron chi connectivity index (χ3n) is 2.20. The number of nitro groups is 1. The lowest BCUT2D eigenvalue weighted by Crippen LogP contribution is -2.45. The van der Waals surface area contributed by atoms with Gasteiger partial charge in [0.1, 0.15) is 16.4 Å². The fourth-order valence-electron chi connectivity index (χ4n) is 1.31. The quantitative estimate of drug-likeness (QED) is 0.296. The molecule has 1 aromatic rings. The summed E-state index contributed by atoms with van der Waals surface area (Å²) in [5.74, 6) is 4.53. The Labute approximate surface area is 125 Å². The van der Waals surface area contributed by atoms with Crippen LogP contribution in [0, 0.1) is 15.9 Å². The Morgan fingerprint density at radius 1 is 1.48 bits per heavy atom. The molecule has 0 aliphatic heterocycles. The number of carbonyl (C=O) groups is 1. The molecule has 114 valence electrons. The van der Waals surface area contributed by atoms with E-state index >= 15 is 0 Å². The third kappa shape index (κ3) is 4.43. The maximum atomic E-state index is 13.8. The molecule has 0 aliphatic carbocycles. The van der Waals surface area contributed by atoms with Crippen molar-refractivity contribution in [3.63, 3.8) is 0 Å². The summed E-state index contributed by atoms with van der Waals surface area (Å²) in [5.41, 5.74) is -1.43. The van der Waals surface area contributed by atoms with Crippen LogP contribution in [0.25, 0.3) is 0 Å². The summed E-state index contributed by atoms with van der Waals surface area (Å²) in [6.07, 6.45) is -0.953. The van der Waals surface area contributed by atoms with Gasteiger partial charge in [0.2, 0.25) is 0 Å². The van der Waals surface area contributed by atoms with Crippen LogP contribution in [0.5, 0.6) is 0 Å². The highest BCUT2D eigenvalue weighted by Gasteiger charge is 2.25. The number of nitrogens with two attached hydrogens (primary N) is 1. The number of hydrogen-bond donors (Lipinski definition) is 1. The zero-order chi connectivity index (χ0) is 16.4. The summed E-state index contributed by atoms with van der Waals surface area (Å²) < 4.78 is 18.8. The molecule has 7 nitrogen and oxygen atoms in total. The molecule has 0 atom stereocenters. The summed E-state index contributed by atoms with van der Waals surface area (Å²) >= 11 is 4.90. The second kappa shape index (κ2) is 6.10. The van der Waals surface area contributed by atoms with Crippen LogP contribution in [0.2, 0.25) is 0 Å². The number of halogens is 1. The number of ether oxygens (including phenoxy) is 1. The van der Waals surface area contributed by atoms with Gasteiger partial charge in [0.25, 0.3) is 5.69 Å². The highest BCUT2D eigenvalue weighted by molar-refractivity contribution is 7.80. The van der Waals surface area contributed by atoms with E-state index in [2.05, 4.69) is 0 Å². The molecule has 0 saturated heterocycles. The molecule has 2 N–H and O–H groups in total. The van der Waals surface area contributed by atoms with Gasteiger partial charge >= 0.3 is 6.09 Å². The van der Waals surface area contributed by atoms with E-state index in [0.717, 1.165) is 12.1 Å². The molecule has 0 spiro atoms. The van der Waals surface area contributed by atoms with Crippen molar-refractivity contribution in [2.75, 3.05) is 0 Å². The minimum atomic E-state index is -0.953. The second-order valence-electron chi connectivity index (χ2n) is 5.08. The fraction of sp³-hybridized carbons (Fsp3) is 0.333. The fourth-order valence-corrected chi connectivity index (χ4v) is 1.55. The Morgan fingerprint density at radius 3 is 2.48 bits per heavy atom. The van der Waals surface area contributed by atoms with Gasteiger partial charge in [0, 0.05) is 11.6 Å². The minimum absolute atomic E-state index is 0.205. The molecule has 0 unspecified atom stereocenters. The lowest BCUT2D eigenvalue weighted by molar-refractivity contribution is -0.385. The van der Waals surface area contributed by atoms with Crippen LogP contribution in [-0.4, -0.2) is 26.6 Å². The van der Waals surface area contributed by atoms with Crippen molar-refractivity contribution in [2.45, 2.75) is 26.4 Å². The van der Waals surface area contributed by atoms with Gasteiger partial charge in [0.15, 0.2) is 0 Å². The van der Waals surface area contributed by atoms with Crippen molar-refractivity contribution in [3.05, 3.63) is 39.7 Å². The number of nitro benzene ring substituents is 1. The van der Waals surface area contributed by atoms with Crippen molar-refractivity contribution in [2.24, 2.45) is 5.84 Å². The standard InChI is InChI=1S/C12H14FN3O4S/c1-12(2,3)20-11(17)15(14)10(21)8-5-4-7(16(18)19)6-9(8)13/h4-6H,14H2,1-3H3. The van der Waals surface area contributed by atoms with Crippen molar-refractivity contribution in [3.8, 4) is 0 Å². The number of carbonyl (C=O) groups excluding carboxylic acids is 1. The van der Waals surface area contributed by atoms with Crippen molar-refractivity contribution in [1.82, 2.24) is 5.01 Å². The normalized spacial score (nSPS) is 10.9. The van der Waals surface area contributed by atoms with Gasteiger partial charge in [-0.2, -0.15) is 0 Å². The molecule has 1 rings (SSSR count). The number of hydrogen-bond acceptors (Lipinski definition) is 6. The summed E-state index contributed by atoms with van der Waals surface area (Å²) in [7, 11) is 0. The predicted molar refractivity (Wildman–Crippen MR) is 77.0 cm³/mol. The molecule has 1 amide bonds. The topological polar surface area (TPSA) is 98.7 Å². The van der Waals surface area contributed by atoms with Crippen LogP contribution >= 0.6 is 12.2 Å². The first kappa shape index (κ1) is 16.9. The molecule has 0 fully saturated rings. The number of rotatable bonds is 2. The Hall–Kier alpha value is -2.13. The summed E-state index contributed by atoms with van der Waals surface area (Å²) in [4.78, 5) is 21.2. The van der Waals surface area contributed by atoms with E-state index in [9.17, 15) is 19.3 Å². The number of non-ortho nitro benzene ring substituents is 1. The maximum absolute atomic E-state index is 13.8. The molecule has 1 aromatic carbocycles. The predicted octanol–water partition coefficient (Wildman–Crippen LogP) is 2.52. The minimum Gasteiger partial charge on any atom is -0.442 e. The Balaban J connectivity index is 2.98. The van der Waals surface area contributed by atoms with Gasteiger partial charge < -0.3 is 4.74 Å². The SMILES string of the molecule is CC(C)(C)OC(=O)N(N)C(=S)c1ccc([N+](=O)[O-])cc1F. The van der Waals surface area contributed by atoms with Crippen LogP contribution in [0.4, 0.5) is 14.9 Å². The van der Waals surface area contributed by atoms with Crippen molar-refractivity contribution < 1.29 is 18.8 Å². The van der Waals surface area contributed by atoms with Gasteiger partial charge in [-0.3, -0.25) is 10.1 Å². The lowest BCUT2D eigenvalue weighted by atomic mass is 10.2. The molecule has 0 radical (unpaired) electrons. The molecule has 9 heteroatoms. The molecule has 21 heavy (non-hydrogen) atoms. The molecule has 0 saturated carbocycles. The summed E-state index contributed by atoms with van der Waals surface area (Å²) in [5, 5.41) is 11.0. The number of nitrogens with zero attached hydrogens (tertiary/aromatic N) is 2. The number of thiocarbonyl (C=S) groups is 1. The molecule has 0 bridgehead atoms. The molecule has 0 aromatic heterocycles. The van der Waals surface area contributed by atoms with Crippen LogP contribution in [-0.2, 0) is 4.74 Å². The largest absolute Gasteiger partial charge is 0.442 e. The first-order chi connectivity index (χ1) is 9.53. The van der Waals surface area contributed by atoms with E-state index in [1.165, 1.54) is 0 Å². The highest BCUT2D eigenvalue weighted by atomic mass is 32.1. The van der Waals surface area contributed by atoms with E-state index in [1.54, 1.807) is 20.8 Å². The van der Waals surface area contributed by atoms with Crippen LogP contribution < -0.4 is 5.84 Å². The van der Waals surface area contributed by atoms with Gasteiger partial charge in [-0.15, -0.1) is 0 Å². The highest BCUT2D eigenvalue weighted by Crippen LogP contribution is 2.19. The van der Waals surface area contributed by atoms with Crippen molar-refractivity contribution >= 4 is 29.0 Å². The number of amides is 1. The summed E-state index contributed by atoms with van der Waals surface area (Å²) in [6, 6.07) is 2.85. The van der Waals surface area contributed by atoms with E-state index in [1.807, 2.05) is 0 Å². The van der Waals surface area contributed by atoms with Crippen molar-refractivity contribution in [1.29, 1.82) is 0 Å². The molecular formula is C12H14FN3O4S. The van der Waals surface area contributed by atoms with E-state index in [-0.39, 0.29) is 10.6 Å². The van der Waals surface area contributed by atoms with E-state index in [4.69, 9.17) is 22.8 Å². The monoisotopic (exact) mass is 315 g/mol. The number of benzene rings is 1. The first-order valence-corrected chi connectivity index (χ1v) is 6.20. The molecule has 0 heterocycles. The molecular weight excluding hydrogens is 301 g/mol. The van der Waals surface area contributed by atoms with E-state index < -0.39 is 28.1 Å². The van der Waals surface area contributed by atoms with Gasteiger partial charge in [0.05, 0.1) is 11.0 Å². The zero-order valence-corrected chi connectivity index (χ0v) is 12.4. The maximum Gasteiger partial charge on any atom is 0.430 e. The smallest absolute Gasteiger partial charge is 0.430 e. The van der Waals surface area contributed by atoms with Gasteiger partial charge in [-0.1, -0.05) is 12.2 Å². The Morgan fingerprint density at radius 2 is 2.05 bits per heavy atom. The van der Waals surface area contributed by atoms with Crippen LogP contribution in [0.1, 0.15) is 26.3 Å². The zero-order valence-electron chi connectivity index (χ0n) is 11.6. The lowest BCUT2D eigenvalue weighted by Gasteiger charge is -2.24. The Kier molecular flexibility index (Phi) is 4.92. The summed E-state index contributed by atoms with van der Waals surface area (Å²) in [6.45, 7) is 4.90. The first-order valence-electron chi connectivity index (χ1n) is 5.79. The van der Waals surface area contributed by atoms with Crippen LogP contribution in [0.3, 0.4) is 0 Å². The third-order valence-corrected chi connectivity index (χ3v) is 2.62. The molecule has 0 aliphatic rings. The van der Waals surface area contributed by atoms with Gasteiger partial charge in [-0.05, 0) is 26.8 Å².